The fourth-order valence-corrected chi connectivity index (χ4v) is 4.69. The van der Waals surface area contributed by atoms with E-state index in [1.807, 2.05) is 72.5 Å². The second kappa shape index (κ2) is 9.61. The molecule has 1 aliphatic rings. The zero-order valence-electron chi connectivity index (χ0n) is 18.3. The summed E-state index contributed by atoms with van der Waals surface area (Å²) in [5.41, 5.74) is 1.57. The molecule has 166 valence electrons. The number of amides is 2. The van der Waals surface area contributed by atoms with Crippen molar-refractivity contribution < 1.29 is 14.3 Å². The number of ether oxygens (including phenoxy) is 1. The molecule has 4 rings (SSSR count). The average molecular weight is 451 g/mol. The van der Waals surface area contributed by atoms with Crippen LogP contribution in [0.2, 0.25) is 5.02 Å². The number of fused-ring (bicyclic) bond motifs is 1. The van der Waals surface area contributed by atoms with Crippen molar-refractivity contribution in [3.8, 4) is 5.75 Å². The summed E-state index contributed by atoms with van der Waals surface area (Å²) in [6.45, 7) is 3.04. The second-order valence-electron chi connectivity index (χ2n) is 8.18. The number of carbonyl (C=O) groups excluding carboxylic acids is 2. The topological polar surface area (TPSA) is 58.6 Å². The van der Waals surface area contributed by atoms with E-state index in [4.69, 9.17) is 16.3 Å². The normalized spacial score (nSPS) is 15.4. The van der Waals surface area contributed by atoms with Crippen LogP contribution in [0.15, 0.2) is 60.7 Å². The largest absolute Gasteiger partial charge is 0.496 e. The maximum absolute atomic E-state index is 13.3. The van der Waals surface area contributed by atoms with E-state index in [0.29, 0.717) is 36.5 Å². The van der Waals surface area contributed by atoms with Crippen molar-refractivity contribution in [2.24, 2.45) is 5.92 Å². The molecule has 0 saturated carbocycles. The predicted molar refractivity (Wildman–Crippen MR) is 127 cm³/mol. The fraction of sp³-hybridized carbons (Fsp3) is 0.308. The summed E-state index contributed by atoms with van der Waals surface area (Å²) in [6, 6.07) is 18.8. The van der Waals surface area contributed by atoms with Gasteiger partial charge in [-0.1, -0.05) is 54.1 Å². The van der Waals surface area contributed by atoms with Gasteiger partial charge in [0.15, 0.2) is 0 Å². The van der Waals surface area contributed by atoms with Crippen molar-refractivity contribution in [2.75, 3.05) is 20.2 Å². The lowest BCUT2D eigenvalue weighted by Crippen LogP contribution is -2.43. The summed E-state index contributed by atoms with van der Waals surface area (Å²) in [6.07, 6.45) is 1.28. The minimum Gasteiger partial charge on any atom is -0.496 e. The number of methoxy groups -OCH3 is 1. The number of halogens is 1. The third kappa shape index (κ3) is 4.44. The Kier molecular flexibility index (Phi) is 6.66. The van der Waals surface area contributed by atoms with Crippen LogP contribution in [0.3, 0.4) is 0 Å². The number of hydrogen-bond donors (Lipinski definition) is 1. The first-order chi connectivity index (χ1) is 15.5. The van der Waals surface area contributed by atoms with E-state index in [2.05, 4.69) is 5.32 Å². The van der Waals surface area contributed by atoms with E-state index in [1.54, 1.807) is 7.11 Å². The van der Waals surface area contributed by atoms with Gasteiger partial charge in [0.05, 0.1) is 13.2 Å². The summed E-state index contributed by atoms with van der Waals surface area (Å²) in [5.74, 6) is 0.642. The molecule has 0 aliphatic carbocycles. The SMILES string of the molecule is COc1ccc(C(=O)N2CCC(C(=O)N[C@H](C)c3ccccc3Cl)CC2)c2ccccc12. The molecule has 3 aromatic carbocycles. The molecule has 1 fully saturated rings. The van der Waals surface area contributed by atoms with Gasteiger partial charge in [0.1, 0.15) is 5.75 Å². The first-order valence-electron chi connectivity index (χ1n) is 10.9. The van der Waals surface area contributed by atoms with Crippen LogP contribution in [0.1, 0.15) is 41.7 Å². The molecule has 0 spiro atoms. The molecule has 1 N–H and O–H groups in total. The lowest BCUT2D eigenvalue weighted by molar-refractivity contribution is -0.126. The van der Waals surface area contributed by atoms with Gasteiger partial charge in [-0.3, -0.25) is 9.59 Å². The second-order valence-corrected chi connectivity index (χ2v) is 8.59. The van der Waals surface area contributed by atoms with Crippen LogP contribution in [0.4, 0.5) is 0 Å². The van der Waals surface area contributed by atoms with E-state index in [1.165, 1.54) is 0 Å². The van der Waals surface area contributed by atoms with Crippen LogP contribution in [0.25, 0.3) is 10.8 Å². The fourth-order valence-electron chi connectivity index (χ4n) is 4.39. The van der Waals surface area contributed by atoms with Crippen molar-refractivity contribution in [3.63, 3.8) is 0 Å². The molecule has 1 atom stereocenters. The van der Waals surface area contributed by atoms with Crippen molar-refractivity contribution >= 4 is 34.2 Å². The quantitative estimate of drug-likeness (QED) is 0.579. The Morgan fingerprint density at radius 1 is 1.00 bits per heavy atom. The number of piperidine rings is 1. The predicted octanol–water partition coefficient (Wildman–Crippen LogP) is 5.23. The van der Waals surface area contributed by atoms with Gasteiger partial charge < -0.3 is 15.0 Å². The van der Waals surface area contributed by atoms with Crippen LogP contribution in [-0.4, -0.2) is 36.9 Å². The summed E-state index contributed by atoms with van der Waals surface area (Å²) in [5, 5.41) is 5.52. The molecule has 1 saturated heterocycles. The van der Waals surface area contributed by atoms with Crippen LogP contribution in [0, 0.1) is 5.92 Å². The van der Waals surface area contributed by atoms with Crippen molar-refractivity contribution in [1.82, 2.24) is 10.2 Å². The monoisotopic (exact) mass is 450 g/mol. The molecule has 1 aliphatic heterocycles. The summed E-state index contributed by atoms with van der Waals surface area (Å²) < 4.78 is 5.44. The van der Waals surface area contributed by atoms with Crippen molar-refractivity contribution in [2.45, 2.75) is 25.8 Å². The molecule has 0 radical (unpaired) electrons. The molecule has 0 unspecified atom stereocenters. The van der Waals surface area contributed by atoms with Gasteiger partial charge in [-0.25, -0.2) is 0 Å². The summed E-state index contributed by atoms with van der Waals surface area (Å²) in [7, 11) is 1.63. The van der Waals surface area contributed by atoms with Gasteiger partial charge in [-0.2, -0.15) is 0 Å². The highest BCUT2D eigenvalue weighted by Gasteiger charge is 2.29. The molecule has 0 aromatic heterocycles. The number of hydrogen-bond acceptors (Lipinski definition) is 3. The zero-order valence-corrected chi connectivity index (χ0v) is 19.1. The van der Waals surface area contributed by atoms with Gasteiger partial charge in [0.2, 0.25) is 5.91 Å². The number of carbonyl (C=O) groups is 2. The third-order valence-electron chi connectivity index (χ3n) is 6.22. The Balaban J connectivity index is 1.41. The Morgan fingerprint density at radius 2 is 1.66 bits per heavy atom. The lowest BCUT2D eigenvalue weighted by Gasteiger charge is -2.32. The van der Waals surface area contributed by atoms with Crippen LogP contribution >= 0.6 is 11.6 Å². The minimum atomic E-state index is -0.165. The number of nitrogens with zero attached hydrogens (tertiary/aromatic N) is 1. The highest BCUT2D eigenvalue weighted by Crippen LogP contribution is 2.30. The van der Waals surface area contributed by atoms with Gasteiger partial charge in [0.25, 0.3) is 5.91 Å². The maximum Gasteiger partial charge on any atom is 0.254 e. The van der Waals surface area contributed by atoms with Crippen LogP contribution in [-0.2, 0) is 4.79 Å². The van der Waals surface area contributed by atoms with Crippen LogP contribution < -0.4 is 10.1 Å². The smallest absolute Gasteiger partial charge is 0.254 e. The van der Waals surface area contributed by atoms with Crippen molar-refractivity contribution in [1.29, 1.82) is 0 Å². The standard InChI is InChI=1S/C26H27ClN2O3/c1-17(19-7-5-6-10-23(19)27)28-25(30)18-13-15-29(16-14-18)26(31)22-11-12-24(32-2)21-9-4-3-8-20(21)22/h3-12,17-18H,13-16H2,1-2H3,(H,28,30)/t17-/m1/s1. The highest BCUT2D eigenvalue weighted by molar-refractivity contribution is 6.31. The van der Waals surface area contributed by atoms with Gasteiger partial charge in [-0.05, 0) is 48.9 Å². The van der Waals surface area contributed by atoms with E-state index in [0.717, 1.165) is 22.1 Å². The van der Waals surface area contributed by atoms with Gasteiger partial charge in [-0.15, -0.1) is 0 Å². The molecule has 5 nitrogen and oxygen atoms in total. The zero-order chi connectivity index (χ0) is 22.7. The Hall–Kier alpha value is -3.05. The van der Waals surface area contributed by atoms with Crippen LogP contribution in [0.5, 0.6) is 5.75 Å². The number of nitrogens with one attached hydrogen (secondary N) is 1. The first kappa shape index (κ1) is 22.2. The van der Waals surface area contributed by atoms with E-state index < -0.39 is 0 Å². The molecular formula is C26H27ClN2O3. The highest BCUT2D eigenvalue weighted by atomic mass is 35.5. The third-order valence-corrected chi connectivity index (χ3v) is 6.56. The van der Waals surface area contributed by atoms with E-state index in [9.17, 15) is 9.59 Å². The maximum atomic E-state index is 13.3. The average Bonchev–Trinajstić information content (AvgIpc) is 2.83. The summed E-state index contributed by atoms with van der Waals surface area (Å²) >= 11 is 6.26. The van der Waals surface area contributed by atoms with Crippen molar-refractivity contribution in [3.05, 3.63) is 76.8 Å². The number of likely N-dealkylation sites (tertiary alicyclic amines) is 1. The number of rotatable bonds is 5. The molecule has 2 amide bonds. The molecular weight excluding hydrogens is 424 g/mol. The summed E-state index contributed by atoms with van der Waals surface area (Å²) in [4.78, 5) is 27.9. The Labute approximate surface area is 193 Å². The van der Waals surface area contributed by atoms with Gasteiger partial charge in [0, 0.05) is 35.0 Å². The molecule has 1 heterocycles. The molecule has 32 heavy (non-hydrogen) atoms. The van der Waals surface area contributed by atoms with E-state index >= 15 is 0 Å². The number of benzene rings is 3. The minimum absolute atomic E-state index is 0.00727. The molecule has 0 bridgehead atoms. The molecule has 6 heteroatoms. The Bertz CT molecular complexity index is 1140. The lowest BCUT2D eigenvalue weighted by atomic mass is 9.94. The van der Waals surface area contributed by atoms with E-state index in [-0.39, 0.29) is 23.8 Å². The first-order valence-corrected chi connectivity index (χ1v) is 11.3. The van der Waals surface area contributed by atoms with Gasteiger partial charge >= 0.3 is 0 Å². The Morgan fingerprint density at radius 3 is 2.34 bits per heavy atom. The molecule has 3 aromatic rings.